The molecule has 174 valence electrons. The van der Waals surface area contributed by atoms with E-state index in [1.807, 2.05) is 43.9 Å². The Hall–Kier alpha value is -3.16. The number of hydrogen-bond donors (Lipinski definition) is 1. The van der Waals surface area contributed by atoms with Gasteiger partial charge in [-0.05, 0) is 75.3 Å². The molecule has 0 aliphatic carbocycles. The van der Waals surface area contributed by atoms with Gasteiger partial charge >= 0.3 is 6.09 Å². The number of carbonyl (C=O) groups is 4. The third-order valence-electron chi connectivity index (χ3n) is 6.89. The molecule has 5 rings (SSSR count). The fourth-order valence-electron chi connectivity index (χ4n) is 5.42. The topological polar surface area (TPSA) is 96.0 Å². The number of fused-ring (bicyclic) bond motifs is 3. The lowest BCUT2D eigenvalue weighted by atomic mass is 9.93. The van der Waals surface area contributed by atoms with Crippen molar-refractivity contribution in [2.24, 2.45) is 0 Å². The maximum absolute atomic E-state index is 12.9. The van der Waals surface area contributed by atoms with Crippen LogP contribution in [0.2, 0.25) is 0 Å². The van der Waals surface area contributed by atoms with Gasteiger partial charge in [0.1, 0.15) is 11.6 Å². The Morgan fingerprint density at radius 1 is 1.12 bits per heavy atom. The molecule has 0 aromatic heterocycles. The van der Waals surface area contributed by atoms with Crippen LogP contribution in [0.3, 0.4) is 0 Å². The molecule has 8 nitrogen and oxygen atoms in total. The minimum absolute atomic E-state index is 0.0171. The lowest BCUT2D eigenvalue weighted by molar-refractivity contribution is -0.136. The van der Waals surface area contributed by atoms with Crippen LogP contribution >= 0.6 is 0 Å². The van der Waals surface area contributed by atoms with E-state index in [1.165, 1.54) is 5.57 Å². The van der Waals surface area contributed by atoms with E-state index in [1.54, 1.807) is 4.90 Å². The molecule has 1 N–H and O–H groups in total. The number of nitrogens with zero attached hydrogens (tertiary/aromatic N) is 2. The molecule has 8 heteroatoms. The summed E-state index contributed by atoms with van der Waals surface area (Å²) in [4.78, 5) is 52.9. The molecule has 3 atom stereocenters. The van der Waals surface area contributed by atoms with E-state index in [4.69, 9.17) is 4.74 Å². The largest absolute Gasteiger partial charge is 0.444 e. The summed E-state index contributed by atoms with van der Waals surface area (Å²) in [5.41, 5.74) is 3.20. The number of rotatable bonds is 2. The van der Waals surface area contributed by atoms with Crippen molar-refractivity contribution in [3.05, 3.63) is 41.0 Å². The van der Waals surface area contributed by atoms with Gasteiger partial charge in [-0.3, -0.25) is 24.6 Å². The number of imide groups is 1. The van der Waals surface area contributed by atoms with Crippen LogP contribution in [-0.2, 0) is 20.9 Å². The van der Waals surface area contributed by atoms with Crippen molar-refractivity contribution < 1.29 is 23.9 Å². The first-order valence-electron chi connectivity index (χ1n) is 11.6. The number of nitrogens with one attached hydrogen (secondary N) is 1. The van der Waals surface area contributed by atoms with Crippen molar-refractivity contribution >= 4 is 29.4 Å². The molecule has 4 aliphatic rings. The van der Waals surface area contributed by atoms with Gasteiger partial charge in [-0.25, -0.2) is 4.79 Å². The van der Waals surface area contributed by atoms with Crippen molar-refractivity contribution in [1.29, 1.82) is 0 Å². The summed E-state index contributed by atoms with van der Waals surface area (Å²) in [7, 11) is 0. The molecule has 1 aromatic carbocycles. The normalized spacial score (nSPS) is 26.8. The highest BCUT2D eigenvalue weighted by Crippen LogP contribution is 2.40. The van der Waals surface area contributed by atoms with Crippen LogP contribution < -0.4 is 5.32 Å². The Kier molecular flexibility index (Phi) is 5.06. The predicted molar refractivity (Wildman–Crippen MR) is 120 cm³/mol. The molecule has 0 saturated carbocycles. The van der Waals surface area contributed by atoms with Gasteiger partial charge in [0.05, 0.1) is 6.04 Å². The lowest BCUT2D eigenvalue weighted by Gasteiger charge is -2.35. The Bertz CT molecular complexity index is 1090. The first kappa shape index (κ1) is 21.7. The third-order valence-corrected chi connectivity index (χ3v) is 6.89. The monoisotopic (exact) mass is 451 g/mol. The molecule has 33 heavy (non-hydrogen) atoms. The number of benzene rings is 1. The smallest absolute Gasteiger partial charge is 0.411 e. The zero-order chi connectivity index (χ0) is 23.5. The minimum atomic E-state index is -0.613. The Balaban J connectivity index is 1.35. The van der Waals surface area contributed by atoms with Crippen LogP contribution in [0.5, 0.6) is 0 Å². The second kappa shape index (κ2) is 7.71. The number of ether oxygens (including phenoxy) is 1. The van der Waals surface area contributed by atoms with E-state index in [2.05, 4.69) is 11.4 Å². The molecule has 2 saturated heterocycles. The Labute approximate surface area is 192 Å². The Morgan fingerprint density at radius 2 is 1.91 bits per heavy atom. The van der Waals surface area contributed by atoms with Crippen LogP contribution in [0.1, 0.15) is 74.4 Å². The van der Waals surface area contributed by atoms with Crippen LogP contribution in [0.25, 0.3) is 5.57 Å². The Morgan fingerprint density at radius 3 is 2.61 bits per heavy atom. The SMILES string of the molecule is CC(C)(C)OC(=O)N1C2C=C(c3ccc4c(c3)CN(C3CCC(=O)NC3=O)C4=O)CC1CC2. The van der Waals surface area contributed by atoms with Gasteiger partial charge in [0.2, 0.25) is 11.8 Å². The van der Waals surface area contributed by atoms with Crippen LogP contribution in [0.4, 0.5) is 4.79 Å². The number of carbonyl (C=O) groups excluding carboxylic acids is 4. The first-order chi connectivity index (χ1) is 15.6. The van der Waals surface area contributed by atoms with Gasteiger partial charge in [-0.15, -0.1) is 0 Å². The number of piperidine rings is 1. The van der Waals surface area contributed by atoms with E-state index >= 15 is 0 Å². The summed E-state index contributed by atoms with van der Waals surface area (Å²) in [5, 5.41) is 2.34. The molecule has 0 spiro atoms. The maximum Gasteiger partial charge on any atom is 0.411 e. The van der Waals surface area contributed by atoms with Crippen molar-refractivity contribution in [2.45, 2.75) is 83.1 Å². The molecular formula is C25H29N3O5. The molecule has 0 radical (unpaired) electrons. The van der Waals surface area contributed by atoms with E-state index in [0.717, 1.165) is 30.4 Å². The molecule has 4 amide bonds. The van der Waals surface area contributed by atoms with Gasteiger partial charge < -0.3 is 9.64 Å². The van der Waals surface area contributed by atoms with Gasteiger partial charge in [0.15, 0.2) is 0 Å². The van der Waals surface area contributed by atoms with Gasteiger partial charge in [-0.2, -0.15) is 0 Å². The zero-order valence-corrected chi connectivity index (χ0v) is 19.2. The van der Waals surface area contributed by atoms with Crippen molar-refractivity contribution in [1.82, 2.24) is 15.1 Å². The molecule has 2 bridgehead atoms. The highest BCUT2D eigenvalue weighted by Gasteiger charge is 2.42. The second-order valence-corrected chi connectivity index (χ2v) is 10.4. The molecule has 1 aromatic rings. The fraction of sp³-hybridized carbons (Fsp3) is 0.520. The summed E-state index contributed by atoms with van der Waals surface area (Å²) in [6.45, 7) is 5.99. The van der Waals surface area contributed by atoms with Crippen molar-refractivity contribution in [3.63, 3.8) is 0 Å². The lowest BCUT2D eigenvalue weighted by Crippen LogP contribution is -2.52. The summed E-state index contributed by atoms with van der Waals surface area (Å²) in [6.07, 6.45) is 5.10. The summed E-state index contributed by atoms with van der Waals surface area (Å²) < 4.78 is 5.62. The molecule has 2 fully saturated rings. The van der Waals surface area contributed by atoms with Crippen LogP contribution in [0.15, 0.2) is 24.3 Å². The predicted octanol–water partition coefficient (Wildman–Crippen LogP) is 3.00. The van der Waals surface area contributed by atoms with E-state index in [-0.39, 0.29) is 36.4 Å². The molecular weight excluding hydrogens is 422 g/mol. The van der Waals surface area contributed by atoms with Crippen LogP contribution in [-0.4, -0.2) is 57.3 Å². The molecule has 4 aliphatic heterocycles. The molecule has 3 unspecified atom stereocenters. The van der Waals surface area contributed by atoms with Crippen molar-refractivity contribution in [2.75, 3.05) is 0 Å². The fourth-order valence-corrected chi connectivity index (χ4v) is 5.42. The number of amides is 4. The van der Waals surface area contributed by atoms with E-state index in [9.17, 15) is 19.2 Å². The third kappa shape index (κ3) is 3.92. The highest BCUT2D eigenvalue weighted by atomic mass is 16.6. The van der Waals surface area contributed by atoms with E-state index < -0.39 is 17.6 Å². The van der Waals surface area contributed by atoms with Gasteiger partial charge in [0, 0.05) is 24.6 Å². The van der Waals surface area contributed by atoms with E-state index in [0.29, 0.717) is 18.5 Å². The quantitative estimate of drug-likeness (QED) is 0.698. The minimum Gasteiger partial charge on any atom is -0.444 e. The van der Waals surface area contributed by atoms with Gasteiger partial charge in [-0.1, -0.05) is 12.1 Å². The summed E-state index contributed by atoms with van der Waals surface area (Å²) in [6, 6.07) is 5.34. The average Bonchev–Trinajstić information content (AvgIpc) is 3.19. The first-order valence-corrected chi connectivity index (χ1v) is 11.6. The zero-order valence-electron chi connectivity index (χ0n) is 19.2. The summed E-state index contributed by atoms with van der Waals surface area (Å²) >= 11 is 0. The number of hydrogen-bond acceptors (Lipinski definition) is 5. The van der Waals surface area contributed by atoms with Crippen molar-refractivity contribution in [3.8, 4) is 0 Å². The maximum atomic E-state index is 12.9. The summed E-state index contributed by atoms with van der Waals surface area (Å²) in [5.74, 6) is -0.858. The second-order valence-electron chi connectivity index (χ2n) is 10.4. The van der Waals surface area contributed by atoms with Crippen LogP contribution in [0, 0.1) is 0 Å². The average molecular weight is 452 g/mol. The van der Waals surface area contributed by atoms with Gasteiger partial charge in [0.25, 0.3) is 5.91 Å². The highest BCUT2D eigenvalue weighted by molar-refractivity contribution is 6.05. The molecule has 4 heterocycles. The standard InChI is InChI=1S/C25H29N3O5/c1-25(2,3)33-24(32)28-17-5-6-18(28)12-15(11-17)14-4-7-19-16(10-14)13-27(23(19)31)20-8-9-21(29)26-22(20)30/h4,7,10-11,17-18,20H,5-6,8-9,12-13H2,1-3H3,(H,26,29,30).